The van der Waals surface area contributed by atoms with Gasteiger partial charge in [-0.15, -0.1) is 0 Å². The van der Waals surface area contributed by atoms with Crippen LogP contribution in [0.3, 0.4) is 0 Å². The standard InChI is InChI=1S/C24H27FN4O3S/c1-3-4-17-15-26-24(27-16-17)28-10-7-18(8-11-28)32-19-9-12-29(23(30)13-19)22-6-5-20(33(2)31)14-21(22)25/h5-6,9,12-16,18H,3-4,7-8,10-11H2,1-2H3. The molecule has 0 saturated carbocycles. The van der Waals surface area contributed by atoms with Gasteiger partial charge in [-0.3, -0.25) is 9.36 Å². The van der Waals surface area contributed by atoms with Crippen molar-refractivity contribution in [1.82, 2.24) is 14.5 Å². The molecule has 3 aromatic rings. The van der Waals surface area contributed by atoms with Crippen LogP contribution in [0.2, 0.25) is 0 Å². The first-order chi connectivity index (χ1) is 15.9. The van der Waals surface area contributed by atoms with Crippen LogP contribution in [0.1, 0.15) is 31.7 Å². The van der Waals surface area contributed by atoms with Crippen LogP contribution < -0.4 is 15.2 Å². The molecule has 0 bridgehead atoms. The predicted molar refractivity (Wildman–Crippen MR) is 126 cm³/mol. The Morgan fingerprint density at radius 3 is 2.52 bits per heavy atom. The Morgan fingerprint density at radius 2 is 1.91 bits per heavy atom. The molecule has 0 spiro atoms. The molecule has 4 rings (SSSR count). The molecule has 0 radical (unpaired) electrons. The molecule has 0 aliphatic carbocycles. The van der Waals surface area contributed by atoms with Gasteiger partial charge in [-0.2, -0.15) is 0 Å². The highest BCUT2D eigenvalue weighted by molar-refractivity contribution is 7.90. The predicted octanol–water partition coefficient (Wildman–Crippen LogP) is 3.50. The minimum atomic E-state index is -1.29. The van der Waals surface area contributed by atoms with E-state index in [4.69, 9.17) is 4.74 Å². The van der Waals surface area contributed by atoms with Gasteiger partial charge in [0.1, 0.15) is 18.1 Å². The third kappa shape index (κ3) is 5.54. The molecule has 1 atom stereocenters. The first kappa shape index (κ1) is 23.3. The third-order valence-electron chi connectivity index (χ3n) is 5.66. The number of hydrogen-bond acceptors (Lipinski definition) is 6. The first-order valence-electron chi connectivity index (χ1n) is 11.0. The largest absolute Gasteiger partial charge is 0.612 e. The molecule has 9 heteroatoms. The van der Waals surface area contributed by atoms with E-state index >= 15 is 0 Å². The van der Waals surface area contributed by atoms with Crippen LogP contribution in [-0.2, 0) is 17.6 Å². The van der Waals surface area contributed by atoms with Crippen LogP contribution in [0.4, 0.5) is 10.3 Å². The van der Waals surface area contributed by atoms with E-state index in [1.54, 1.807) is 12.1 Å². The van der Waals surface area contributed by atoms with Gasteiger partial charge in [-0.1, -0.05) is 13.3 Å². The molecule has 1 unspecified atom stereocenters. The summed E-state index contributed by atoms with van der Waals surface area (Å²) in [6.45, 7) is 3.67. The molecule has 7 nitrogen and oxygen atoms in total. The summed E-state index contributed by atoms with van der Waals surface area (Å²) in [5.41, 5.74) is 0.860. The minimum absolute atomic E-state index is 0.0218. The lowest BCUT2D eigenvalue weighted by molar-refractivity contribution is 0.170. The zero-order valence-electron chi connectivity index (χ0n) is 18.7. The summed E-state index contributed by atoms with van der Waals surface area (Å²) >= 11 is -1.29. The van der Waals surface area contributed by atoms with E-state index in [0.717, 1.165) is 50.3 Å². The number of aromatic nitrogens is 3. The van der Waals surface area contributed by atoms with Crippen molar-refractivity contribution in [3.05, 3.63) is 70.7 Å². The fourth-order valence-electron chi connectivity index (χ4n) is 3.89. The van der Waals surface area contributed by atoms with Crippen molar-refractivity contribution in [2.24, 2.45) is 0 Å². The Hall–Kier alpha value is -2.91. The van der Waals surface area contributed by atoms with Crippen LogP contribution >= 0.6 is 0 Å². The lowest BCUT2D eigenvalue weighted by Gasteiger charge is -2.32. The lowest BCUT2D eigenvalue weighted by Crippen LogP contribution is -2.39. The highest BCUT2D eigenvalue weighted by Crippen LogP contribution is 2.22. The maximum atomic E-state index is 14.4. The van der Waals surface area contributed by atoms with Gasteiger partial charge < -0.3 is 14.2 Å². The fraction of sp³-hybridized carbons (Fsp3) is 0.375. The van der Waals surface area contributed by atoms with Crippen LogP contribution in [-0.4, -0.2) is 44.5 Å². The summed E-state index contributed by atoms with van der Waals surface area (Å²) in [5, 5.41) is 0. The summed E-state index contributed by atoms with van der Waals surface area (Å²) in [4.78, 5) is 24.1. The highest BCUT2D eigenvalue weighted by Gasteiger charge is 2.22. The number of halogens is 1. The van der Waals surface area contributed by atoms with Gasteiger partial charge in [0.05, 0.1) is 5.69 Å². The van der Waals surface area contributed by atoms with Gasteiger partial charge >= 0.3 is 0 Å². The van der Waals surface area contributed by atoms with Crippen molar-refractivity contribution in [3.8, 4) is 11.4 Å². The van der Waals surface area contributed by atoms with Crippen molar-refractivity contribution in [3.63, 3.8) is 0 Å². The Balaban J connectivity index is 1.38. The van der Waals surface area contributed by atoms with Gasteiger partial charge in [0.15, 0.2) is 10.7 Å². The van der Waals surface area contributed by atoms with Crippen LogP contribution in [0.15, 0.2) is 58.6 Å². The summed E-state index contributed by atoms with van der Waals surface area (Å²) in [5.74, 6) is 0.591. The first-order valence-corrected chi connectivity index (χ1v) is 12.6. The maximum Gasteiger partial charge on any atom is 0.258 e. The minimum Gasteiger partial charge on any atom is -0.612 e. The van der Waals surface area contributed by atoms with Crippen LogP contribution in [0.5, 0.6) is 5.75 Å². The number of aryl methyl sites for hydroxylation is 1. The number of hydrogen-bond donors (Lipinski definition) is 0. The normalized spacial score (nSPS) is 15.5. The Labute approximate surface area is 195 Å². The number of anilines is 1. The van der Waals surface area contributed by atoms with Gasteiger partial charge in [-0.05, 0) is 41.4 Å². The topological polar surface area (TPSA) is 83.3 Å². The van der Waals surface area contributed by atoms with Gasteiger partial charge in [0.25, 0.3) is 5.56 Å². The molecule has 1 saturated heterocycles. The second-order valence-corrected chi connectivity index (χ2v) is 9.46. The smallest absolute Gasteiger partial charge is 0.258 e. The second-order valence-electron chi connectivity index (χ2n) is 8.08. The molecule has 1 aliphatic rings. The molecule has 1 aromatic carbocycles. The molecule has 2 aromatic heterocycles. The number of ether oxygens (including phenoxy) is 1. The molecule has 3 heterocycles. The number of benzene rings is 1. The van der Waals surface area contributed by atoms with Gasteiger partial charge in [-0.25, -0.2) is 14.4 Å². The zero-order chi connectivity index (χ0) is 23.4. The molecular weight excluding hydrogens is 443 g/mol. The molecule has 174 valence electrons. The van der Waals surface area contributed by atoms with Crippen molar-refractivity contribution in [2.75, 3.05) is 24.2 Å². The average molecular weight is 471 g/mol. The molecule has 0 amide bonds. The van der Waals surface area contributed by atoms with Crippen molar-refractivity contribution < 1.29 is 13.7 Å². The Morgan fingerprint density at radius 1 is 1.18 bits per heavy atom. The lowest BCUT2D eigenvalue weighted by atomic mass is 10.1. The van der Waals surface area contributed by atoms with E-state index in [1.807, 2.05) is 12.4 Å². The van der Waals surface area contributed by atoms with Crippen molar-refractivity contribution >= 4 is 17.1 Å². The quantitative estimate of drug-likeness (QED) is 0.492. The average Bonchev–Trinajstić information content (AvgIpc) is 2.81. The summed E-state index contributed by atoms with van der Waals surface area (Å²) in [6, 6.07) is 7.24. The molecule has 1 aliphatic heterocycles. The maximum absolute atomic E-state index is 14.4. The fourth-order valence-corrected chi connectivity index (χ4v) is 4.42. The van der Waals surface area contributed by atoms with E-state index in [0.29, 0.717) is 10.6 Å². The molecular formula is C24H27FN4O3S. The monoisotopic (exact) mass is 470 g/mol. The number of piperidine rings is 1. The Bertz CT molecular complexity index is 1150. The molecule has 33 heavy (non-hydrogen) atoms. The summed E-state index contributed by atoms with van der Waals surface area (Å²) in [6.07, 6.45) is 10.4. The van der Waals surface area contributed by atoms with E-state index < -0.39 is 22.6 Å². The Kier molecular flexibility index (Phi) is 7.29. The molecule has 0 N–H and O–H groups in total. The number of rotatable bonds is 7. The van der Waals surface area contributed by atoms with Crippen LogP contribution in [0, 0.1) is 5.82 Å². The van der Waals surface area contributed by atoms with E-state index in [2.05, 4.69) is 21.8 Å². The number of pyridine rings is 1. The highest BCUT2D eigenvalue weighted by atomic mass is 32.2. The zero-order valence-corrected chi connectivity index (χ0v) is 19.6. The van der Waals surface area contributed by atoms with Gasteiger partial charge in [0, 0.05) is 56.7 Å². The van der Waals surface area contributed by atoms with Gasteiger partial charge in [0.2, 0.25) is 5.95 Å². The van der Waals surface area contributed by atoms with Crippen molar-refractivity contribution in [2.45, 2.75) is 43.6 Å². The van der Waals surface area contributed by atoms with Crippen LogP contribution in [0.25, 0.3) is 5.69 Å². The SMILES string of the molecule is CCCc1cnc(N2CCC(Oc3ccn(-c4ccc([S+](C)[O-])cc4F)c(=O)c3)CC2)nc1. The summed E-state index contributed by atoms with van der Waals surface area (Å²) < 4.78 is 33.2. The summed E-state index contributed by atoms with van der Waals surface area (Å²) in [7, 11) is 0. The number of nitrogens with zero attached hydrogens (tertiary/aromatic N) is 4. The van der Waals surface area contributed by atoms with E-state index in [-0.39, 0.29) is 11.8 Å². The van der Waals surface area contributed by atoms with Crippen molar-refractivity contribution in [1.29, 1.82) is 0 Å². The van der Waals surface area contributed by atoms with E-state index in [1.165, 1.54) is 35.2 Å². The van der Waals surface area contributed by atoms with E-state index in [9.17, 15) is 13.7 Å². The molecule has 1 fully saturated rings. The third-order valence-corrected chi connectivity index (χ3v) is 6.58. The second kappa shape index (κ2) is 10.4.